The fourth-order valence-electron chi connectivity index (χ4n) is 2.80. The van der Waals surface area contributed by atoms with Gasteiger partial charge in [-0.25, -0.2) is 4.79 Å². The first-order valence-corrected chi connectivity index (χ1v) is 8.43. The molecule has 0 bridgehead atoms. The molecule has 0 radical (unpaired) electrons. The van der Waals surface area contributed by atoms with Crippen molar-refractivity contribution in [1.29, 1.82) is 0 Å². The molecule has 1 heterocycles. The van der Waals surface area contributed by atoms with E-state index in [1.807, 2.05) is 40.7 Å². The molecule has 6 heteroatoms. The molecule has 0 spiro atoms. The van der Waals surface area contributed by atoms with Gasteiger partial charge in [-0.1, -0.05) is 26.8 Å². The van der Waals surface area contributed by atoms with Crippen molar-refractivity contribution in [3.63, 3.8) is 0 Å². The van der Waals surface area contributed by atoms with E-state index in [4.69, 9.17) is 4.74 Å². The summed E-state index contributed by atoms with van der Waals surface area (Å²) in [6, 6.07) is 5.60. The van der Waals surface area contributed by atoms with Gasteiger partial charge in [0.1, 0.15) is 5.75 Å². The Kier molecular flexibility index (Phi) is 5.62. The van der Waals surface area contributed by atoms with E-state index in [-0.39, 0.29) is 23.8 Å². The summed E-state index contributed by atoms with van der Waals surface area (Å²) in [5.74, 6) is -0.120. The average Bonchev–Trinajstić information content (AvgIpc) is 2.45. The first kappa shape index (κ1) is 18.7. The number of hydrogen-bond acceptors (Lipinski definition) is 4. The Balaban J connectivity index is 2.73. The summed E-state index contributed by atoms with van der Waals surface area (Å²) >= 11 is 0. The smallest absolute Gasteiger partial charge is 0.338 e. The molecular weight excluding hydrogens is 320 g/mol. The molecule has 0 unspecified atom stereocenters. The highest BCUT2D eigenvalue weighted by atomic mass is 16.5. The SMILES string of the molecule is CCCC(=O)n1c(Oc2cc(C)cc(C)c2)c(C(C)C)c(=O)[nH]c1=O. The molecule has 0 saturated carbocycles. The number of carbonyl (C=O) groups is 1. The predicted octanol–water partition coefficient (Wildman–Crippen LogP) is 3.51. The van der Waals surface area contributed by atoms with Crippen LogP contribution in [-0.4, -0.2) is 15.5 Å². The van der Waals surface area contributed by atoms with Gasteiger partial charge in [-0.3, -0.25) is 14.6 Å². The first-order chi connectivity index (χ1) is 11.7. The third kappa shape index (κ3) is 4.07. The lowest BCUT2D eigenvalue weighted by Crippen LogP contribution is -2.37. The van der Waals surface area contributed by atoms with E-state index >= 15 is 0 Å². The summed E-state index contributed by atoms with van der Waals surface area (Å²) in [6.45, 7) is 9.34. The van der Waals surface area contributed by atoms with Gasteiger partial charge in [0.2, 0.25) is 11.8 Å². The summed E-state index contributed by atoms with van der Waals surface area (Å²) in [5, 5.41) is 0. The van der Waals surface area contributed by atoms with Gasteiger partial charge < -0.3 is 4.74 Å². The molecule has 0 aliphatic heterocycles. The zero-order chi connectivity index (χ0) is 18.7. The molecule has 0 saturated heterocycles. The van der Waals surface area contributed by atoms with Crippen LogP contribution in [0.1, 0.15) is 61.0 Å². The van der Waals surface area contributed by atoms with Gasteiger partial charge in [-0.05, 0) is 49.4 Å². The van der Waals surface area contributed by atoms with Crippen molar-refractivity contribution < 1.29 is 9.53 Å². The topological polar surface area (TPSA) is 81.2 Å². The largest absolute Gasteiger partial charge is 0.440 e. The van der Waals surface area contributed by atoms with Gasteiger partial charge in [0.25, 0.3) is 5.56 Å². The van der Waals surface area contributed by atoms with Crippen LogP contribution in [0.25, 0.3) is 0 Å². The van der Waals surface area contributed by atoms with E-state index < -0.39 is 17.2 Å². The van der Waals surface area contributed by atoms with Crippen LogP contribution < -0.4 is 16.0 Å². The first-order valence-electron chi connectivity index (χ1n) is 8.43. The molecule has 0 fully saturated rings. The molecule has 1 aromatic carbocycles. The zero-order valence-electron chi connectivity index (χ0n) is 15.3. The quantitative estimate of drug-likeness (QED) is 0.900. The Morgan fingerprint density at radius 2 is 1.76 bits per heavy atom. The van der Waals surface area contributed by atoms with E-state index in [9.17, 15) is 14.4 Å². The molecule has 6 nitrogen and oxygen atoms in total. The van der Waals surface area contributed by atoms with Crippen LogP contribution in [0.5, 0.6) is 11.6 Å². The average molecular weight is 344 g/mol. The van der Waals surface area contributed by atoms with Crippen molar-refractivity contribution in [1.82, 2.24) is 9.55 Å². The number of H-pyrrole nitrogens is 1. The lowest BCUT2D eigenvalue weighted by molar-refractivity contribution is 0.0885. The van der Waals surface area contributed by atoms with Gasteiger partial charge in [0.05, 0.1) is 5.56 Å². The highest BCUT2D eigenvalue weighted by Gasteiger charge is 2.23. The van der Waals surface area contributed by atoms with E-state index in [1.54, 1.807) is 12.1 Å². The maximum Gasteiger partial charge on any atom is 0.338 e. The van der Waals surface area contributed by atoms with E-state index in [0.29, 0.717) is 12.2 Å². The summed E-state index contributed by atoms with van der Waals surface area (Å²) in [7, 11) is 0. The monoisotopic (exact) mass is 344 g/mol. The van der Waals surface area contributed by atoms with Crippen molar-refractivity contribution in [2.24, 2.45) is 0 Å². The standard InChI is InChI=1S/C19H24N2O4/c1-6-7-15(22)21-18(16(11(2)3)17(23)20-19(21)24)25-14-9-12(4)8-13(5)10-14/h8-11H,6-7H2,1-5H3,(H,20,23,24). The lowest BCUT2D eigenvalue weighted by Gasteiger charge is -2.17. The molecule has 0 atom stereocenters. The van der Waals surface area contributed by atoms with Crippen LogP contribution in [-0.2, 0) is 0 Å². The molecule has 0 aliphatic carbocycles. The van der Waals surface area contributed by atoms with E-state index in [1.165, 1.54) is 0 Å². The molecule has 25 heavy (non-hydrogen) atoms. The van der Waals surface area contributed by atoms with Crippen molar-refractivity contribution in [3.05, 3.63) is 55.7 Å². The Labute approximate surface area is 146 Å². The van der Waals surface area contributed by atoms with Crippen LogP contribution in [0.3, 0.4) is 0 Å². The predicted molar refractivity (Wildman–Crippen MR) is 96.9 cm³/mol. The summed E-state index contributed by atoms with van der Waals surface area (Å²) in [4.78, 5) is 39.3. The summed E-state index contributed by atoms with van der Waals surface area (Å²) in [5.41, 5.74) is 0.954. The van der Waals surface area contributed by atoms with Gasteiger partial charge in [0.15, 0.2) is 0 Å². The minimum atomic E-state index is -0.771. The second kappa shape index (κ2) is 7.51. The molecule has 2 rings (SSSR count). The normalized spacial score (nSPS) is 11.0. The van der Waals surface area contributed by atoms with Crippen molar-refractivity contribution in [3.8, 4) is 11.6 Å². The molecule has 2 aromatic rings. The number of aromatic amines is 1. The number of rotatable bonds is 5. The number of aromatic nitrogens is 2. The molecular formula is C19H24N2O4. The zero-order valence-corrected chi connectivity index (χ0v) is 15.3. The Bertz CT molecular complexity index is 886. The van der Waals surface area contributed by atoms with E-state index in [2.05, 4.69) is 4.98 Å². The van der Waals surface area contributed by atoms with Crippen LogP contribution in [0.4, 0.5) is 0 Å². The Morgan fingerprint density at radius 3 is 2.28 bits per heavy atom. The van der Waals surface area contributed by atoms with Crippen molar-refractivity contribution >= 4 is 5.91 Å². The number of aryl methyl sites for hydroxylation is 2. The fourth-order valence-corrected chi connectivity index (χ4v) is 2.80. The third-order valence-corrected chi connectivity index (χ3v) is 3.80. The minimum Gasteiger partial charge on any atom is -0.440 e. The number of carbonyl (C=O) groups excluding carboxylic acids is 1. The molecule has 1 N–H and O–H groups in total. The Morgan fingerprint density at radius 1 is 1.16 bits per heavy atom. The molecule has 0 aliphatic rings. The van der Waals surface area contributed by atoms with Crippen molar-refractivity contribution in [2.45, 2.75) is 53.4 Å². The van der Waals surface area contributed by atoms with Crippen LogP contribution in [0, 0.1) is 13.8 Å². The number of hydrogen-bond donors (Lipinski definition) is 1. The maximum atomic E-state index is 12.5. The van der Waals surface area contributed by atoms with E-state index in [0.717, 1.165) is 15.7 Å². The second-order valence-electron chi connectivity index (χ2n) is 6.54. The summed E-state index contributed by atoms with van der Waals surface area (Å²) in [6.07, 6.45) is 0.775. The molecule has 1 aromatic heterocycles. The number of nitrogens with zero attached hydrogens (tertiary/aromatic N) is 1. The molecule has 0 amide bonds. The Hall–Kier alpha value is -2.63. The maximum absolute atomic E-state index is 12.5. The summed E-state index contributed by atoms with van der Waals surface area (Å²) < 4.78 is 6.86. The number of ether oxygens (including phenoxy) is 1. The van der Waals surface area contributed by atoms with Gasteiger partial charge in [-0.2, -0.15) is 4.57 Å². The van der Waals surface area contributed by atoms with Crippen LogP contribution in [0.2, 0.25) is 0 Å². The van der Waals surface area contributed by atoms with Gasteiger partial charge in [-0.15, -0.1) is 0 Å². The van der Waals surface area contributed by atoms with Crippen LogP contribution in [0.15, 0.2) is 27.8 Å². The minimum absolute atomic E-state index is 0.00667. The highest BCUT2D eigenvalue weighted by molar-refractivity contribution is 5.80. The fraction of sp³-hybridized carbons (Fsp3) is 0.421. The number of benzene rings is 1. The highest BCUT2D eigenvalue weighted by Crippen LogP contribution is 2.28. The lowest BCUT2D eigenvalue weighted by atomic mass is 10.1. The number of nitrogens with one attached hydrogen (secondary N) is 1. The van der Waals surface area contributed by atoms with Crippen molar-refractivity contribution in [2.75, 3.05) is 0 Å². The van der Waals surface area contributed by atoms with Gasteiger partial charge in [0, 0.05) is 6.42 Å². The van der Waals surface area contributed by atoms with Gasteiger partial charge >= 0.3 is 5.69 Å². The van der Waals surface area contributed by atoms with Crippen LogP contribution >= 0.6 is 0 Å². The molecule has 134 valence electrons. The second-order valence-corrected chi connectivity index (χ2v) is 6.54. The third-order valence-electron chi connectivity index (χ3n) is 3.80.